The highest BCUT2D eigenvalue weighted by atomic mass is 15.2. The number of rotatable bonds is 6. The predicted octanol–water partition coefficient (Wildman–Crippen LogP) is 2.67. The molecule has 0 aliphatic carbocycles. The van der Waals surface area contributed by atoms with Crippen molar-refractivity contribution in [3.8, 4) is 0 Å². The third-order valence-electron chi connectivity index (χ3n) is 4.67. The van der Waals surface area contributed by atoms with Gasteiger partial charge in [0.25, 0.3) is 0 Å². The van der Waals surface area contributed by atoms with Crippen LogP contribution in [-0.4, -0.2) is 56.1 Å². The Labute approximate surface area is 130 Å². The summed E-state index contributed by atoms with van der Waals surface area (Å²) in [6.45, 7) is 8.98. The molecule has 1 heterocycles. The van der Waals surface area contributed by atoms with E-state index in [4.69, 9.17) is 0 Å². The summed E-state index contributed by atoms with van der Waals surface area (Å²) in [6, 6.07) is 9.93. The highest BCUT2D eigenvalue weighted by molar-refractivity contribution is 5.29. The van der Waals surface area contributed by atoms with Crippen molar-refractivity contribution < 1.29 is 0 Å². The van der Waals surface area contributed by atoms with E-state index in [0.29, 0.717) is 12.1 Å². The summed E-state index contributed by atoms with van der Waals surface area (Å²) in [6.07, 6.45) is 2.65. The van der Waals surface area contributed by atoms with Gasteiger partial charge in [-0.25, -0.2) is 0 Å². The van der Waals surface area contributed by atoms with Crippen molar-refractivity contribution in [2.24, 2.45) is 0 Å². The molecule has 3 heteroatoms. The zero-order chi connectivity index (χ0) is 15.2. The Morgan fingerprint density at radius 2 is 2.10 bits per heavy atom. The van der Waals surface area contributed by atoms with Crippen LogP contribution in [0, 0.1) is 6.92 Å². The maximum Gasteiger partial charge on any atom is 0.0451 e. The van der Waals surface area contributed by atoms with Crippen LogP contribution in [0.1, 0.15) is 36.9 Å². The fourth-order valence-corrected chi connectivity index (χ4v) is 3.37. The van der Waals surface area contributed by atoms with Crippen molar-refractivity contribution in [1.82, 2.24) is 15.1 Å². The molecular formula is C18H31N3. The molecule has 21 heavy (non-hydrogen) atoms. The molecule has 2 atom stereocenters. The molecule has 1 aromatic rings. The van der Waals surface area contributed by atoms with Gasteiger partial charge in [0.2, 0.25) is 0 Å². The van der Waals surface area contributed by atoms with Crippen LogP contribution in [0.15, 0.2) is 24.3 Å². The molecule has 2 unspecified atom stereocenters. The van der Waals surface area contributed by atoms with Gasteiger partial charge in [-0.2, -0.15) is 0 Å². The van der Waals surface area contributed by atoms with Gasteiger partial charge in [0, 0.05) is 25.2 Å². The monoisotopic (exact) mass is 289 g/mol. The van der Waals surface area contributed by atoms with Crippen LogP contribution in [-0.2, 0) is 0 Å². The van der Waals surface area contributed by atoms with Crippen LogP contribution < -0.4 is 5.32 Å². The minimum Gasteiger partial charge on any atom is -0.309 e. The fraction of sp³-hybridized carbons (Fsp3) is 0.667. The Hall–Kier alpha value is -0.900. The first kappa shape index (κ1) is 16.5. The summed E-state index contributed by atoms with van der Waals surface area (Å²) in [5.41, 5.74) is 2.84. The normalized spacial score (nSPS) is 21.7. The second-order valence-electron chi connectivity index (χ2n) is 6.49. The molecular weight excluding hydrogens is 258 g/mol. The van der Waals surface area contributed by atoms with Gasteiger partial charge in [0.05, 0.1) is 0 Å². The fourth-order valence-electron chi connectivity index (χ4n) is 3.37. The molecule has 1 fully saturated rings. The molecule has 3 nitrogen and oxygen atoms in total. The Balaban J connectivity index is 2.04. The highest BCUT2D eigenvalue weighted by Gasteiger charge is 2.24. The predicted molar refractivity (Wildman–Crippen MR) is 90.7 cm³/mol. The van der Waals surface area contributed by atoms with Crippen LogP contribution >= 0.6 is 0 Å². The lowest BCUT2D eigenvalue weighted by molar-refractivity contribution is 0.123. The van der Waals surface area contributed by atoms with E-state index in [1.165, 1.54) is 37.1 Å². The summed E-state index contributed by atoms with van der Waals surface area (Å²) in [7, 11) is 4.41. The van der Waals surface area contributed by atoms with Gasteiger partial charge in [0.1, 0.15) is 0 Å². The van der Waals surface area contributed by atoms with Crippen LogP contribution in [0.25, 0.3) is 0 Å². The van der Waals surface area contributed by atoms with Gasteiger partial charge in [-0.15, -0.1) is 0 Å². The molecule has 2 rings (SSSR count). The molecule has 1 saturated heterocycles. The molecule has 118 valence electrons. The van der Waals surface area contributed by atoms with Gasteiger partial charge in [-0.1, -0.05) is 31.2 Å². The molecule has 0 saturated carbocycles. The molecule has 1 aliphatic rings. The quantitative estimate of drug-likeness (QED) is 0.868. The standard InChI is InChI=1S/C18H31N3/c1-5-19-18(17-11-7-6-9-15(17)2)14-21-12-8-10-16(13-21)20(3)4/h6-7,9,11,16,18-19H,5,8,10,12-14H2,1-4H3. The number of nitrogens with zero attached hydrogens (tertiary/aromatic N) is 2. The van der Waals surface area contributed by atoms with E-state index in [1.807, 2.05) is 0 Å². The van der Waals surface area contributed by atoms with E-state index in [0.717, 1.165) is 13.1 Å². The number of benzene rings is 1. The number of piperidine rings is 1. The smallest absolute Gasteiger partial charge is 0.0451 e. The Kier molecular flexibility index (Phi) is 6.22. The van der Waals surface area contributed by atoms with Gasteiger partial charge in [-0.05, 0) is 58.1 Å². The van der Waals surface area contributed by atoms with E-state index in [2.05, 4.69) is 67.3 Å². The minimum atomic E-state index is 0.442. The summed E-state index contributed by atoms with van der Waals surface area (Å²) >= 11 is 0. The molecule has 1 aromatic carbocycles. The lowest BCUT2D eigenvalue weighted by Crippen LogP contribution is -2.47. The van der Waals surface area contributed by atoms with Gasteiger partial charge >= 0.3 is 0 Å². The summed E-state index contributed by atoms with van der Waals surface area (Å²) in [5, 5.41) is 3.68. The number of likely N-dealkylation sites (N-methyl/N-ethyl adjacent to an activating group) is 2. The second-order valence-corrected chi connectivity index (χ2v) is 6.49. The van der Waals surface area contributed by atoms with Crippen molar-refractivity contribution in [2.45, 2.75) is 38.8 Å². The lowest BCUT2D eigenvalue weighted by atomic mass is 9.98. The lowest BCUT2D eigenvalue weighted by Gasteiger charge is -2.38. The van der Waals surface area contributed by atoms with Crippen LogP contribution in [0.3, 0.4) is 0 Å². The average molecular weight is 289 g/mol. The van der Waals surface area contributed by atoms with Crippen molar-refractivity contribution in [3.63, 3.8) is 0 Å². The first-order valence-electron chi connectivity index (χ1n) is 8.29. The molecule has 0 amide bonds. The van der Waals surface area contributed by atoms with E-state index < -0.39 is 0 Å². The molecule has 1 aliphatic heterocycles. The summed E-state index contributed by atoms with van der Waals surface area (Å²) in [5.74, 6) is 0. The molecule has 0 aromatic heterocycles. The number of hydrogen-bond acceptors (Lipinski definition) is 3. The maximum atomic E-state index is 3.68. The molecule has 1 N–H and O–H groups in total. The van der Waals surface area contributed by atoms with E-state index in [-0.39, 0.29) is 0 Å². The minimum absolute atomic E-state index is 0.442. The highest BCUT2D eigenvalue weighted by Crippen LogP contribution is 2.21. The maximum absolute atomic E-state index is 3.68. The topological polar surface area (TPSA) is 18.5 Å². The van der Waals surface area contributed by atoms with E-state index >= 15 is 0 Å². The Morgan fingerprint density at radius 1 is 1.33 bits per heavy atom. The third-order valence-corrected chi connectivity index (χ3v) is 4.67. The Morgan fingerprint density at radius 3 is 2.76 bits per heavy atom. The summed E-state index contributed by atoms with van der Waals surface area (Å²) < 4.78 is 0. The molecule has 0 radical (unpaired) electrons. The number of hydrogen-bond donors (Lipinski definition) is 1. The largest absolute Gasteiger partial charge is 0.309 e. The number of nitrogens with one attached hydrogen (secondary N) is 1. The summed E-state index contributed by atoms with van der Waals surface area (Å²) in [4.78, 5) is 5.01. The van der Waals surface area contributed by atoms with Crippen LogP contribution in [0.5, 0.6) is 0 Å². The SMILES string of the molecule is CCNC(CN1CCCC(N(C)C)C1)c1ccccc1C. The van der Waals surface area contributed by atoms with Gasteiger partial charge < -0.3 is 10.2 Å². The average Bonchev–Trinajstić information content (AvgIpc) is 2.48. The number of aryl methyl sites for hydroxylation is 1. The third kappa shape index (κ3) is 4.53. The first-order chi connectivity index (χ1) is 10.1. The van der Waals surface area contributed by atoms with E-state index in [1.54, 1.807) is 0 Å². The zero-order valence-electron chi connectivity index (χ0n) is 14.1. The van der Waals surface area contributed by atoms with Crippen molar-refractivity contribution in [3.05, 3.63) is 35.4 Å². The van der Waals surface area contributed by atoms with E-state index in [9.17, 15) is 0 Å². The first-order valence-corrected chi connectivity index (χ1v) is 8.29. The second kappa shape index (κ2) is 7.92. The Bertz CT molecular complexity index is 430. The van der Waals surface area contributed by atoms with Crippen LogP contribution in [0.4, 0.5) is 0 Å². The molecule has 0 spiro atoms. The molecule has 0 bridgehead atoms. The zero-order valence-corrected chi connectivity index (χ0v) is 14.1. The van der Waals surface area contributed by atoms with Gasteiger partial charge in [0.15, 0.2) is 0 Å². The van der Waals surface area contributed by atoms with Crippen molar-refractivity contribution in [1.29, 1.82) is 0 Å². The van der Waals surface area contributed by atoms with Crippen molar-refractivity contribution in [2.75, 3.05) is 40.3 Å². The van der Waals surface area contributed by atoms with Crippen LogP contribution in [0.2, 0.25) is 0 Å². The number of likely N-dealkylation sites (tertiary alicyclic amines) is 1. The van der Waals surface area contributed by atoms with Gasteiger partial charge in [-0.3, -0.25) is 4.90 Å². The van der Waals surface area contributed by atoms with Crippen molar-refractivity contribution >= 4 is 0 Å².